The molecule has 0 bridgehead atoms. The van der Waals surface area contributed by atoms with Crippen LogP contribution in [0.2, 0.25) is 0 Å². The van der Waals surface area contributed by atoms with Gasteiger partial charge in [-0.1, -0.05) is 6.08 Å². The van der Waals surface area contributed by atoms with Crippen molar-refractivity contribution in [1.82, 2.24) is 0 Å². The average Bonchev–Trinajstić information content (AvgIpc) is 1.85. The molecule has 0 amide bonds. The fourth-order valence-electron chi connectivity index (χ4n) is 0.406. The predicted molar refractivity (Wildman–Crippen MR) is 41.1 cm³/mol. The molecule has 0 fully saturated rings. The topological polar surface area (TPSA) is 26.3 Å². The normalized spacial score (nSPS) is 11.3. The zero-order chi connectivity index (χ0) is 7.98. The number of rotatable bonds is 3. The first-order valence-corrected chi connectivity index (χ1v) is 3.55. The van der Waals surface area contributed by atoms with Crippen molar-refractivity contribution in [2.75, 3.05) is 12.5 Å². The summed E-state index contributed by atoms with van der Waals surface area (Å²) >= 11 is 5.39. The fraction of sp³-hybridized carbons (Fsp3) is 0.571. The van der Waals surface area contributed by atoms with Gasteiger partial charge < -0.3 is 4.74 Å². The number of carbonyl (C=O) groups excluding carboxylic acids is 1. The van der Waals surface area contributed by atoms with Gasteiger partial charge in [0.15, 0.2) is 0 Å². The Morgan fingerprint density at radius 1 is 1.60 bits per heavy atom. The van der Waals surface area contributed by atoms with Gasteiger partial charge in [0.2, 0.25) is 0 Å². The number of hydrogen-bond donors (Lipinski definition) is 0. The highest BCUT2D eigenvalue weighted by Crippen LogP contribution is 1.94. The molecule has 0 spiro atoms. The minimum atomic E-state index is -0.262. The lowest BCUT2D eigenvalue weighted by atomic mass is 10.3. The second kappa shape index (κ2) is 5.30. The van der Waals surface area contributed by atoms with Crippen LogP contribution >= 0.6 is 11.6 Å². The molecule has 58 valence electrons. The van der Waals surface area contributed by atoms with Gasteiger partial charge in [-0.3, -0.25) is 4.79 Å². The SMILES string of the molecule is CC(=O)OC/C(C)=C/CCl. The van der Waals surface area contributed by atoms with Crippen LogP contribution in [0.3, 0.4) is 0 Å². The molecule has 0 aromatic heterocycles. The second-order valence-corrected chi connectivity index (χ2v) is 2.29. The maximum Gasteiger partial charge on any atom is 0.302 e. The van der Waals surface area contributed by atoms with E-state index in [4.69, 9.17) is 16.3 Å². The smallest absolute Gasteiger partial charge is 0.302 e. The first-order valence-electron chi connectivity index (χ1n) is 3.01. The Balaban J connectivity index is 3.48. The summed E-state index contributed by atoms with van der Waals surface area (Å²) in [5.41, 5.74) is 0.977. The number of alkyl halides is 1. The van der Waals surface area contributed by atoms with Crippen LogP contribution in [0.25, 0.3) is 0 Å². The lowest BCUT2D eigenvalue weighted by Crippen LogP contribution is -2.01. The van der Waals surface area contributed by atoms with Crippen LogP contribution < -0.4 is 0 Å². The maximum absolute atomic E-state index is 10.3. The van der Waals surface area contributed by atoms with Crippen LogP contribution in [0.15, 0.2) is 11.6 Å². The van der Waals surface area contributed by atoms with E-state index in [0.717, 1.165) is 5.57 Å². The molecule has 0 N–H and O–H groups in total. The van der Waals surface area contributed by atoms with Crippen LogP contribution in [0.4, 0.5) is 0 Å². The van der Waals surface area contributed by atoms with Crippen LogP contribution in [-0.4, -0.2) is 18.5 Å². The Kier molecular flexibility index (Phi) is 5.03. The van der Waals surface area contributed by atoms with E-state index in [0.29, 0.717) is 12.5 Å². The van der Waals surface area contributed by atoms with E-state index < -0.39 is 0 Å². The summed E-state index contributed by atoms with van der Waals surface area (Å²) in [6.07, 6.45) is 1.81. The van der Waals surface area contributed by atoms with Crippen molar-refractivity contribution < 1.29 is 9.53 Å². The molecule has 0 atom stereocenters. The van der Waals surface area contributed by atoms with Gasteiger partial charge in [-0.05, 0) is 12.5 Å². The Labute approximate surface area is 65.8 Å². The Morgan fingerprint density at radius 3 is 2.60 bits per heavy atom. The van der Waals surface area contributed by atoms with Crippen molar-refractivity contribution in [1.29, 1.82) is 0 Å². The molecule has 0 aliphatic rings. The van der Waals surface area contributed by atoms with E-state index >= 15 is 0 Å². The van der Waals surface area contributed by atoms with Gasteiger partial charge in [0.05, 0.1) is 0 Å². The second-order valence-electron chi connectivity index (χ2n) is 1.99. The number of halogens is 1. The van der Waals surface area contributed by atoms with Crippen LogP contribution in [0, 0.1) is 0 Å². The molecule has 2 nitrogen and oxygen atoms in total. The third kappa shape index (κ3) is 5.63. The molecule has 0 radical (unpaired) electrons. The molecule has 3 heteroatoms. The van der Waals surface area contributed by atoms with Crippen molar-refractivity contribution >= 4 is 17.6 Å². The molecular formula is C7H11ClO2. The molecule has 0 aromatic rings. The molecule has 10 heavy (non-hydrogen) atoms. The van der Waals surface area contributed by atoms with Gasteiger partial charge in [0, 0.05) is 12.8 Å². The summed E-state index contributed by atoms with van der Waals surface area (Å²) in [5.74, 6) is 0.204. The monoisotopic (exact) mass is 162 g/mol. The number of carbonyl (C=O) groups is 1. The van der Waals surface area contributed by atoms with Crippen molar-refractivity contribution in [2.24, 2.45) is 0 Å². The summed E-state index contributed by atoms with van der Waals surface area (Å²) in [6.45, 7) is 3.60. The van der Waals surface area contributed by atoms with E-state index in [9.17, 15) is 4.79 Å². The third-order valence-corrected chi connectivity index (χ3v) is 1.08. The minimum Gasteiger partial charge on any atom is -0.461 e. The third-order valence-electron chi connectivity index (χ3n) is 0.929. The summed E-state index contributed by atoms with van der Waals surface area (Å²) in [5, 5.41) is 0. The molecule has 0 aromatic carbocycles. The van der Waals surface area contributed by atoms with E-state index in [2.05, 4.69) is 0 Å². The molecule has 0 heterocycles. The average molecular weight is 163 g/mol. The van der Waals surface area contributed by atoms with E-state index in [1.54, 1.807) is 0 Å². The highest BCUT2D eigenvalue weighted by atomic mass is 35.5. The molecule has 0 rings (SSSR count). The predicted octanol–water partition coefficient (Wildman–Crippen LogP) is 1.73. The van der Waals surface area contributed by atoms with Gasteiger partial charge in [0.1, 0.15) is 6.61 Å². The van der Waals surface area contributed by atoms with Crippen molar-refractivity contribution in [3.05, 3.63) is 11.6 Å². The van der Waals surface area contributed by atoms with Crippen LogP contribution in [0.5, 0.6) is 0 Å². The largest absolute Gasteiger partial charge is 0.461 e. The van der Waals surface area contributed by atoms with Crippen LogP contribution in [0.1, 0.15) is 13.8 Å². The Bertz CT molecular complexity index is 141. The zero-order valence-electron chi connectivity index (χ0n) is 6.19. The van der Waals surface area contributed by atoms with Crippen molar-refractivity contribution in [3.63, 3.8) is 0 Å². The molecule has 0 aliphatic heterocycles. The quantitative estimate of drug-likeness (QED) is 0.359. The maximum atomic E-state index is 10.3. The summed E-state index contributed by atoms with van der Waals surface area (Å²) in [7, 11) is 0. The van der Waals surface area contributed by atoms with Gasteiger partial charge >= 0.3 is 5.97 Å². The van der Waals surface area contributed by atoms with Gasteiger partial charge in [-0.2, -0.15) is 0 Å². The number of hydrogen-bond acceptors (Lipinski definition) is 2. The van der Waals surface area contributed by atoms with Crippen molar-refractivity contribution in [3.8, 4) is 0 Å². The number of ether oxygens (including phenoxy) is 1. The van der Waals surface area contributed by atoms with Gasteiger partial charge in [-0.25, -0.2) is 0 Å². The van der Waals surface area contributed by atoms with Crippen LogP contribution in [-0.2, 0) is 9.53 Å². The lowest BCUT2D eigenvalue weighted by molar-refractivity contribution is -0.139. The van der Waals surface area contributed by atoms with Gasteiger partial charge in [0.25, 0.3) is 0 Å². The highest BCUT2D eigenvalue weighted by molar-refractivity contribution is 6.18. The summed E-state index contributed by atoms with van der Waals surface area (Å²) in [6, 6.07) is 0. The minimum absolute atomic E-state index is 0.262. The molecular weight excluding hydrogens is 152 g/mol. The van der Waals surface area contributed by atoms with E-state index in [1.807, 2.05) is 13.0 Å². The highest BCUT2D eigenvalue weighted by Gasteiger charge is 1.92. The summed E-state index contributed by atoms with van der Waals surface area (Å²) in [4.78, 5) is 10.3. The molecule has 0 saturated carbocycles. The lowest BCUT2D eigenvalue weighted by Gasteiger charge is -1.99. The molecule has 0 unspecified atom stereocenters. The fourth-order valence-corrected chi connectivity index (χ4v) is 0.670. The Hall–Kier alpha value is -0.500. The molecule has 0 aliphatic carbocycles. The molecule has 0 saturated heterocycles. The van der Waals surface area contributed by atoms with Crippen molar-refractivity contribution in [2.45, 2.75) is 13.8 Å². The number of allylic oxidation sites excluding steroid dienone is 1. The van der Waals surface area contributed by atoms with E-state index in [-0.39, 0.29) is 5.97 Å². The first kappa shape index (κ1) is 9.50. The van der Waals surface area contributed by atoms with E-state index in [1.165, 1.54) is 6.92 Å². The zero-order valence-corrected chi connectivity index (χ0v) is 6.94. The Morgan fingerprint density at radius 2 is 2.20 bits per heavy atom. The number of esters is 1. The van der Waals surface area contributed by atoms with Gasteiger partial charge in [-0.15, -0.1) is 11.6 Å². The summed E-state index contributed by atoms with van der Waals surface area (Å²) < 4.78 is 4.69. The first-order chi connectivity index (χ1) is 4.66. The standard InChI is InChI=1S/C7H11ClO2/c1-6(3-4-8)5-10-7(2)9/h3H,4-5H2,1-2H3/b6-3+.